The number of aromatic nitrogens is 4. The number of rotatable bonds is 27. The topological polar surface area (TPSA) is 650 Å². The molecule has 2 aliphatic heterocycles. The number of aromatic hydroxyl groups is 1. The SMILES string of the molecule is CCCC[C@H]1C(=O)N(C)[C@@H](CCCC)C(=O)N[C@@H](CCCNC(=N)N)C(=O)NC(C(=O)NCC(N)=O)CSCC(=O)N[C@@H](Cc2ccc(O)cc2)C(=O)N(C)[C@@H](C)C(=O)N[C@@H](CC(N)=O)C(=O)N[C@]2(C[C@@H]2CC)C(=O)NC(Cc2cnc[nH]2)C(=O)N[C@@H](CC(C)C)C(=O)N2CCC[C@H]2C(=O)NC(Cc2c[nH]c3ccccc23)C(=O)N[C@@H](CO)C(=O)N[C@@H](Cc2c[nH]c3ccccc23)C(=O)N1C. The number of aliphatic hydroxyl groups is 1. The number of primary amides is 2. The summed E-state index contributed by atoms with van der Waals surface area (Å²) in [5.41, 5.74) is 18.1. The van der Waals surface area contributed by atoms with Crippen molar-refractivity contribution < 1.29 is 91.7 Å². The summed E-state index contributed by atoms with van der Waals surface area (Å²) in [6, 6.07) is -0.167. The molecule has 1 aliphatic carbocycles. The zero-order valence-corrected chi connectivity index (χ0v) is 78.9. The number of unbranched alkanes of at least 4 members (excludes halogenated alkanes) is 2. The van der Waals surface area contributed by atoms with Crippen molar-refractivity contribution in [3.63, 3.8) is 0 Å². The van der Waals surface area contributed by atoms with E-state index in [2.05, 4.69) is 83.7 Å². The monoisotopic (exact) mass is 1910 g/mol. The third-order valence-electron chi connectivity index (χ3n) is 24.8. The molecule has 0 bridgehead atoms. The van der Waals surface area contributed by atoms with E-state index >= 15 is 43.2 Å². The van der Waals surface area contributed by atoms with E-state index in [4.69, 9.17) is 22.6 Å². The Hall–Kier alpha value is -13.7. The number of nitrogens with one attached hydrogen (secondary N) is 16. The molecule has 136 heavy (non-hydrogen) atoms. The van der Waals surface area contributed by atoms with E-state index in [-0.39, 0.29) is 108 Å². The first kappa shape index (κ1) is 106. The average molecular weight is 1910 g/mol. The fourth-order valence-electron chi connectivity index (χ4n) is 16.9. The van der Waals surface area contributed by atoms with Crippen LogP contribution in [0.5, 0.6) is 5.75 Å². The summed E-state index contributed by atoms with van der Waals surface area (Å²) in [5.74, 6) is -18.2. The minimum Gasteiger partial charge on any atom is -0.508 e. The smallest absolute Gasteiger partial charge is 0.246 e. The van der Waals surface area contributed by atoms with Crippen LogP contribution in [0.1, 0.15) is 154 Å². The maximum atomic E-state index is 15.8. The lowest BCUT2D eigenvalue weighted by Gasteiger charge is -2.36. The van der Waals surface area contributed by atoms with Crippen LogP contribution in [-0.4, -0.2) is 299 Å². The molecule has 2 saturated heterocycles. The standard InChI is InChI=1S/C92H130N24O19S/c1-10-13-26-71-84(129)104-62(25-19-33-98-91(95)96)79(124)110-70(78(123)101-45-75(94)120)47-136-48-76(121)103-67(36-52-29-31-57(118)32-30-52)86(131)113(7)51(6)77(122)105-65(40-74(93)119)83(128)112-92(41-55(92)12-3)90(135)111-64(39-56-44-97-49-102-56)81(126)107-66(35-50(4)5)88(133)116-34-20-28-72(116)85(130)106-63(37-53-42-99-60-23-17-15-21-58(53)60)80(125)109-69(46-117)82(127)108-68(38-54-43-100-61-24-18-16-22-59(54)61)87(132)115(9)73(27-14-11-2)89(134)114(71)8/h15-18,21-24,29-32,42-44,49-51,55,62-73,99-100,117-118H,10-14,19-20,25-28,33-41,45-48H2,1-9H3,(H2,93,119)(H2,94,120)(H,97,102)(H,101,123)(H,103,121)(H,104,129)(H,105,122)(H,106,130)(H,107,126)(H,108,127)(H,109,125)(H,110,124)(H,111,135)(H,112,128)(H4,95,96,98)/t51-,55-,62-,63?,64?,65-,66-,67-,68-,69-,70?,71-,72-,73-,92-/m0/s1. The highest BCUT2D eigenvalue weighted by molar-refractivity contribution is 8.00. The molecule has 6 aromatic rings. The molecule has 1 spiro atoms. The third-order valence-corrected chi connectivity index (χ3v) is 25.8. The van der Waals surface area contributed by atoms with Gasteiger partial charge in [-0.2, -0.15) is 0 Å². The number of guanidine groups is 1. The Morgan fingerprint density at radius 2 is 1.13 bits per heavy atom. The zero-order chi connectivity index (χ0) is 99.4. The lowest BCUT2D eigenvalue weighted by atomic mass is 10.00. The number of phenolic OH excluding ortho intramolecular Hbond substituents is 1. The van der Waals surface area contributed by atoms with E-state index < -0.39 is 227 Å². The molecule has 3 fully saturated rings. The van der Waals surface area contributed by atoms with Crippen molar-refractivity contribution in [1.82, 2.24) is 103 Å². The number of phenols is 1. The van der Waals surface area contributed by atoms with Crippen molar-refractivity contribution in [3.05, 3.63) is 120 Å². The van der Waals surface area contributed by atoms with Crippen LogP contribution in [0.25, 0.3) is 21.8 Å². The van der Waals surface area contributed by atoms with Crippen LogP contribution in [0.15, 0.2) is 97.7 Å². The number of para-hydroxylation sites is 2. The Bertz CT molecular complexity index is 5260. The summed E-state index contributed by atoms with van der Waals surface area (Å²) in [6.07, 6.45) is 6.16. The Morgan fingerprint density at radius 3 is 1.72 bits per heavy atom. The molecule has 3 aromatic heterocycles. The second-order valence-electron chi connectivity index (χ2n) is 35.3. The molecule has 9 rings (SSSR count). The number of imidazole rings is 1. The van der Waals surface area contributed by atoms with Crippen molar-refractivity contribution in [2.75, 3.05) is 58.9 Å². The first-order valence-electron chi connectivity index (χ1n) is 45.9. The molecule has 0 radical (unpaired) electrons. The van der Waals surface area contributed by atoms with Crippen molar-refractivity contribution in [2.45, 2.75) is 241 Å². The molecule has 44 heteroatoms. The molecule has 5 heterocycles. The van der Waals surface area contributed by atoms with E-state index in [0.717, 1.165) is 26.5 Å². The number of H-pyrrole nitrogens is 3. The van der Waals surface area contributed by atoms with Crippen LogP contribution < -0.4 is 81.0 Å². The Kier molecular flexibility index (Phi) is 39.0. The summed E-state index contributed by atoms with van der Waals surface area (Å²) in [7, 11) is 3.93. The van der Waals surface area contributed by atoms with Crippen molar-refractivity contribution in [1.29, 1.82) is 5.41 Å². The fraction of sp³-hybridized carbons (Fsp3) is 0.533. The molecule has 3 unspecified atom stereocenters. The van der Waals surface area contributed by atoms with Gasteiger partial charge in [-0.05, 0) is 111 Å². The normalized spacial score (nSPS) is 25.1. The van der Waals surface area contributed by atoms with Crippen LogP contribution in [0, 0.1) is 17.2 Å². The van der Waals surface area contributed by atoms with Gasteiger partial charge in [0, 0.05) is 112 Å². The number of nitrogens with two attached hydrogens (primary N) is 3. The number of carbonyl (C=O) groups is 17. The number of amides is 17. The Balaban J connectivity index is 1.10. The van der Waals surface area contributed by atoms with Crippen molar-refractivity contribution >= 4 is 140 Å². The van der Waals surface area contributed by atoms with Gasteiger partial charge in [0.2, 0.25) is 100 Å². The molecular formula is C92H130N24O19S. The number of hydrogen-bond donors (Lipinski definition) is 21. The maximum absolute atomic E-state index is 15.8. The van der Waals surface area contributed by atoms with Gasteiger partial charge in [-0.25, -0.2) is 4.98 Å². The number of likely N-dealkylation sites (N-methyl/N-ethyl adjacent to an activating group) is 3. The van der Waals surface area contributed by atoms with Crippen LogP contribution in [0.3, 0.4) is 0 Å². The summed E-state index contributed by atoms with van der Waals surface area (Å²) >= 11 is 0.764. The van der Waals surface area contributed by atoms with E-state index in [0.29, 0.717) is 69.9 Å². The van der Waals surface area contributed by atoms with E-state index in [1.165, 1.54) is 69.8 Å². The highest BCUT2D eigenvalue weighted by Gasteiger charge is 2.61. The molecule has 738 valence electrons. The highest BCUT2D eigenvalue weighted by Crippen LogP contribution is 2.46. The average Bonchev–Trinajstić information content (AvgIpc) is 1.58. The lowest BCUT2D eigenvalue weighted by Crippen LogP contribution is -2.62. The van der Waals surface area contributed by atoms with Crippen LogP contribution in [0.4, 0.5) is 0 Å². The van der Waals surface area contributed by atoms with E-state index in [1.54, 1.807) is 81.7 Å². The number of fused-ring (bicyclic) bond motifs is 3. The second-order valence-corrected chi connectivity index (χ2v) is 36.3. The minimum atomic E-state index is -1.85. The van der Waals surface area contributed by atoms with Gasteiger partial charge in [-0.15, -0.1) is 11.8 Å². The van der Waals surface area contributed by atoms with Gasteiger partial charge in [0.25, 0.3) is 0 Å². The van der Waals surface area contributed by atoms with Gasteiger partial charge in [-0.1, -0.05) is 115 Å². The third kappa shape index (κ3) is 28.9. The lowest BCUT2D eigenvalue weighted by molar-refractivity contribution is -0.149. The van der Waals surface area contributed by atoms with Crippen molar-refractivity contribution in [3.8, 4) is 5.75 Å². The quantitative estimate of drug-likeness (QED) is 0.0157. The van der Waals surface area contributed by atoms with Gasteiger partial charge in [0.1, 0.15) is 89.8 Å². The number of hydrogen-bond acceptors (Lipinski definition) is 22. The molecular weight excluding hydrogens is 1780 g/mol. The minimum absolute atomic E-state index is 0.000609. The molecule has 3 aromatic carbocycles. The number of aliphatic hydroxyl groups excluding tert-OH is 1. The second kappa shape index (κ2) is 50.1. The number of nitrogens with zero attached hydrogens (tertiary/aromatic N) is 5. The van der Waals surface area contributed by atoms with Gasteiger partial charge < -0.3 is 126 Å². The summed E-state index contributed by atoms with van der Waals surface area (Å²) < 4.78 is 0. The van der Waals surface area contributed by atoms with Crippen LogP contribution in [-0.2, 0) is 107 Å². The first-order valence-corrected chi connectivity index (χ1v) is 47.1. The summed E-state index contributed by atoms with van der Waals surface area (Å²) in [6.45, 7) is 8.47. The Morgan fingerprint density at radius 1 is 0.574 bits per heavy atom. The number of aromatic amines is 3. The zero-order valence-electron chi connectivity index (χ0n) is 78.1. The van der Waals surface area contributed by atoms with Gasteiger partial charge >= 0.3 is 0 Å². The number of thioether (sulfide) groups is 1. The predicted octanol–water partition coefficient (Wildman–Crippen LogP) is -1.61. The van der Waals surface area contributed by atoms with Gasteiger partial charge in [0.05, 0.1) is 31.7 Å². The summed E-state index contributed by atoms with van der Waals surface area (Å²) in [4.78, 5) is 269. The molecule has 1 saturated carbocycles. The van der Waals surface area contributed by atoms with Crippen LogP contribution in [0.2, 0.25) is 0 Å². The van der Waals surface area contributed by atoms with E-state index in [9.17, 15) is 48.6 Å². The molecule has 17 amide bonds. The first-order chi connectivity index (χ1) is 64.8. The van der Waals surface area contributed by atoms with Gasteiger partial charge in [0.15, 0.2) is 5.96 Å². The molecule has 43 nitrogen and oxygen atoms in total. The largest absolute Gasteiger partial charge is 0.508 e. The Labute approximate surface area is 791 Å². The molecule has 3 aliphatic rings. The van der Waals surface area contributed by atoms with Crippen molar-refractivity contribution in [2.24, 2.45) is 29.0 Å². The van der Waals surface area contributed by atoms with Gasteiger partial charge in [-0.3, -0.25) is 86.9 Å². The van der Waals surface area contributed by atoms with E-state index in [1.807, 2.05) is 13.8 Å². The summed E-state index contributed by atoms with van der Waals surface area (Å²) in [5, 5.41) is 62.7. The molecule has 24 N–H and O–H groups in total. The predicted molar refractivity (Wildman–Crippen MR) is 503 cm³/mol. The highest BCUT2D eigenvalue weighted by atomic mass is 32.2. The maximum Gasteiger partial charge on any atom is 0.246 e. The van der Waals surface area contributed by atoms with Crippen LogP contribution >= 0.6 is 11.8 Å². The fourth-order valence-corrected chi connectivity index (χ4v) is 17.8. The number of carbonyl (C=O) groups excluding carboxylic acids is 17. The number of benzene rings is 3. The molecule has 15 atom stereocenters.